The summed E-state index contributed by atoms with van der Waals surface area (Å²) >= 11 is 1.47. The number of hydrogen-bond acceptors (Lipinski definition) is 7. The molecule has 7 rings (SSSR count). The van der Waals surface area contributed by atoms with E-state index >= 15 is 0 Å². The Morgan fingerprint density at radius 2 is 1.71 bits per heavy atom. The molecule has 3 heterocycles. The molecular formula is C41H44N4O3S. The van der Waals surface area contributed by atoms with Crippen molar-refractivity contribution in [1.29, 1.82) is 0 Å². The van der Waals surface area contributed by atoms with E-state index in [-0.39, 0.29) is 5.91 Å². The number of amides is 1. The van der Waals surface area contributed by atoms with Gasteiger partial charge in [-0.3, -0.25) is 10.1 Å². The van der Waals surface area contributed by atoms with E-state index in [4.69, 9.17) is 9.72 Å². The zero-order valence-electron chi connectivity index (χ0n) is 28.8. The minimum atomic E-state index is -0.667. The lowest BCUT2D eigenvalue weighted by atomic mass is 9.83. The fourth-order valence-corrected chi connectivity index (χ4v) is 8.16. The first-order valence-corrected chi connectivity index (χ1v) is 18.3. The highest BCUT2D eigenvalue weighted by molar-refractivity contribution is 7.22. The number of nitrogens with one attached hydrogen (secondary N) is 1. The van der Waals surface area contributed by atoms with Gasteiger partial charge in [0.2, 0.25) is 0 Å². The van der Waals surface area contributed by atoms with Crippen molar-refractivity contribution in [3.63, 3.8) is 0 Å². The summed E-state index contributed by atoms with van der Waals surface area (Å²) in [6.45, 7) is 9.02. The molecule has 3 aromatic carbocycles. The average Bonchev–Trinajstić information content (AvgIpc) is 3.50. The quantitative estimate of drug-likeness (QED) is 0.173. The standard InChI is InChI=1S/C41H44N4O3S/c1-26-29(24-27-12-6-5-7-13-27)15-11-16-30(26)31-20-21-36(43-37(31)39(47)48-41(2,3)4)45-23-22-28-14-10-17-32(33(28)25-45)38(46)44-40-42-34-18-8-9-19-35(34)49-40/h8-11,14-21,27H,5-7,12-13,22-25H2,1-4H3,(H,42,44,46). The fourth-order valence-electron chi connectivity index (χ4n) is 7.30. The summed E-state index contributed by atoms with van der Waals surface area (Å²) in [5, 5.41) is 3.61. The van der Waals surface area contributed by atoms with E-state index in [9.17, 15) is 9.59 Å². The Labute approximate surface area is 292 Å². The molecule has 0 saturated heterocycles. The van der Waals surface area contributed by atoms with Crippen LogP contribution in [0.25, 0.3) is 21.3 Å². The number of esters is 1. The molecule has 252 valence electrons. The Bertz CT molecular complexity index is 1990. The highest BCUT2D eigenvalue weighted by Gasteiger charge is 2.28. The molecule has 49 heavy (non-hydrogen) atoms. The predicted molar refractivity (Wildman–Crippen MR) is 199 cm³/mol. The second kappa shape index (κ2) is 13.7. The van der Waals surface area contributed by atoms with Crippen molar-refractivity contribution in [3.8, 4) is 11.1 Å². The lowest BCUT2D eigenvalue weighted by molar-refractivity contribution is 0.00638. The number of carbonyl (C=O) groups is 2. The molecule has 1 fully saturated rings. The monoisotopic (exact) mass is 672 g/mol. The van der Waals surface area contributed by atoms with E-state index in [1.807, 2.05) is 69.3 Å². The van der Waals surface area contributed by atoms with Crippen LogP contribution >= 0.6 is 11.3 Å². The number of anilines is 2. The second-order valence-corrected chi connectivity index (χ2v) is 15.5. The first-order chi connectivity index (χ1) is 23.6. The van der Waals surface area contributed by atoms with Crippen molar-refractivity contribution in [2.45, 2.75) is 84.8 Å². The minimum Gasteiger partial charge on any atom is -0.455 e. The molecule has 2 aliphatic rings. The second-order valence-electron chi connectivity index (χ2n) is 14.4. The topological polar surface area (TPSA) is 84.4 Å². The summed E-state index contributed by atoms with van der Waals surface area (Å²) in [7, 11) is 0. The van der Waals surface area contributed by atoms with Gasteiger partial charge in [0.05, 0.1) is 10.2 Å². The number of para-hydroxylation sites is 1. The third-order valence-electron chi connectivity index (χ3n) is 9.80. The zero-order chi connectivity index (χ0) is 34.1. The van der Waals surface area contributed by atoms with Crippen LogP contribution < -0.4 is 10.2 Å². The SMILES string of the molecule is Cc1c(CC2CCCCC2)cccc1-c1ccc(N2CCc3cccc(C(=O)Nc4nc5ccccc5s4)c3C2)nc1C(=O)OC(C)(C)C. The molecule has 0 atom stereocenters. The Morgan fingerprint density at radius 3 is 2.51 bits per heavy atom. The van der Waals surface area contributed by atoms with Gasteiger partial charge in [0, 0.05) is 24.2 Å². The number of aromatic nitrogens is 2. The third-order valence-corrected chi connectivity index (χ3v) is 10.8. The van der Waals surface area contributed by atoms with Crippen molar-refractivity contribution in [2.75, 3.05) is 16.8 Å². The maximum absolute atomic E-state index is 13.8. The van der Waals surface area contributed by atoms with Crippen molar-refractivity contribution in [1.82, 2.24) is 9.97 Å². The Hall–Kier alpha value is -4.56. The number of ether oxygens (including phenoxy) is 1. The number of carbonyl (C=O) groups excluding carboxylic acids is 2. The molecule has 0 bridgehead atoms. The first-order valence-electron chi connectivity index (χ1n) is 17.5. The van der Waals surface area contributed by atoms with Gasteiger partial charge in [0.15, 0.2) is 10.8 Å². The van der Waals surface area contributed by atoms with Gasteiger partial charge in [-0.15, -0.1) is 0 Å². The van der Waals surface area contributed by atoms with Crippen LogP contribution in [0.1, 0.15) is 96.0 Å². The molecule has 1 N–H and O–H groups in total. The van der Waals surface area contributed by atoms with E-state index in [2.05, 4.69) is 46.4 Å². The van der Waals surface area contributed by atoms with E-state index in [1.165, 1.54) is 54.6 Å². The smallest absolute Gasteiger partial charge is 0.358 e. The van der Waals surface area contributed by atoms with Crippen LogP contribution in [0, 0.1) is 12.8 Å². The molecule has 0 unspecified atom stereocenters. The van der Waals surface area contributed by atoms with Gasteiger partial charge in [-0.05, 0) is 105 Å². The number of hydrogen-bond donors (Lipinski definition) is 1. The molecule has 7 nitrogen and oxygen atoms in total. The molecule has 1 amide bonds. The van der Waals surface area contributed by atoms with Crippen LogP contribution in [0.4, 0.5) is 10.9 Å². The highest BCUT2D eigenvalue weighted by atomic mass is 32.1. The number of thiazole rings is 1. The lowest BCUT2D eigenvalue weighted by Gasteiger charge is -2.31. The Kier molecular flexibility index (Phi) is 9.25. The molecule has 2 aromatic heterocycles. The first kappa shape index (κ1) is 33.0. The molecule has 1 aliphatic heterocycles. The predicted octanol–water partition coefficient (Wildman–Crippen LogP) is 9.56. The van der Waals surface area contributed by atoms with Crippen molar-refractivity contribution in [2.24, 2.45) is 5.92 Å². The zero-order valence-corrected chi connectivity index (χ0v) is 29.7. The number of nitrogens with zero attached hydrogens (tertiary/aromatic N) is 3. The van der Waals surface area contributed by atoms with Gasteiger partial charge in [0.25, 0.3) is 5.91 Å². The fraction of sp³-hybridized carbons (Fsp3) is 0.366. The summed E-state index contributed by atoms with van der Waals surface area (Å²) < 4.78 is 6.96. The summed E-state index contributed by atoms with van der Waals surface area (Å²) in [6.07, 6.45) is 8.36. The maximum atomic E-state index is 13.8. The number of rotatable bonds is 7. The van der Waals surface area contributed by atoms with E-state index < -0.39 is 11.6 Å². The van der Waals surface area contributed by atoms with Gasteiger partial charge in [-0.2, -0.15) is 0 Å². The third kappa shape index (κ3) is 7.25. The maximum Gasteiger partial charge on any atom is 0.358 e. The van der Waals surface area contributed by atoms with Crippen LogP contribution in [-0.4, -0.2) is 34.0 Å². The van der Waals surface area contributed by atoms with E-state index in [0.717, 1.165) is 45.3 Å². The number of fused-ring (bicyclic) bond motifs is 2. The molecule has 1 aliphatic carbocycles. The van der Waals surface area contributed by atoms with Gasteiger partial charge >= 0.3 is 5.97 Å². The van der Waals surface area contributed by atoms with Crippen molar-refractivity contribution < 1.29 is 14.3 Å². The summed E-state index contributed by atoms with van der Waals surface area (Å²) in [4.78, 5) is 39.2. The van der Waals surface area contributed by atoms with Gasteiger partial charge < -0.3 is 9.64 Å². The van der Waals surface area contributed by atoms with E-state index in [0.29, 0.717) is 41.2 Å². The number of pyridine rings is 1. The van der Waals surface area contributed by atoms with Crippen LogP contribution in [0.15, 0.2) is 72.8 Å². The molecule has 0 spiro atoms. The summed E-state index contributed by atoms with van der Waals surface area (Å²) in [5.41, 5.74) is 7.58. The Balaban J connectivity index is 1.19. The lowest BCUT2D eigenvalue weighted by Crippen LogP contribution is -2.33. The van der Waals surface area contributed by atoms with Crippen molar-refractivity contribution in [3.05, 3.63) is 106 Å². The molecule has 0 radical (unpaired) electrons. The highest BCUT2D eigenvalue weighted by Crippen LogP contribution is 2.35. The largest absolute Gasteiger partial charge is 0.455 e. The molecule has 8 heteroatoms. The number of benzene rings is 3. The van der Waals surface area contributed by atoms with Crippen LogP contribution in [0.5, 0.6) is 0 Å². The molecule has 1 saturated carbocycles. The van der Waals surface area contributed by atoms with Crippen molar-refractivity contribution >= 4 is 44.4 Å². The average molecular weight is 673 g/mol. The van der Waals surface area contributed by atoms with Crippen LogP contribution in [0.3, 0.4) is 0 Å². The molecule has 5 aromatic rings. The molecular weight excluding hydrogens is 629 g/mol. The minimum absolute atomic E-state index is 0.181. The summed E-state index contributed by atoms with van der Waals surface area (Å²) in [6, 6.07) is 24.2. The van der Waals surface area contributed by atoms with Gasteiger partial charge in [0.1, 0.15) is 11.4 Å². The van der Waals surface area contributed by atoms with Gasteiger partial charge in [-0.25, -0.2) is 14.8 Å². The summed E-state index contributed by atoms with van der Waals surface area (Å²) in [5.74, 6) is 0.783. The van der Waals surface area contributed by atoms with E-state index in [1.54, 1.807) is 0 Å². The van der Waals surface area contributed by atoms with Gasteiger partial charge in [-0.1, -0.05) is 85.9 Å². The van der Waals surface area contributed by atoms with Crippen LogP contribution in [-0.2, 0) is 24.1 Å². The van der Waals surface area contributed by atoms with Crippen LogP contribution in [0.2, 0.25) is 0 Å². The normalized spacial score (nSPS) is 15.2. The Morgan fingerprint density at radius 1 is 0.918 bits per heavy atom.